The average Bonchev–Trinajstić information content (AvgIpc) is 3.70. The van der Waals surface area contributed by atoms with Gasteiger partial charge in [-0.05, 0) is 145 Å². The van der Waals surface area contributed by atoms with E-state index in [9.17, 15) is 0 Å². The lowest BCUT2D eigenvalue weighted by molar-refractivity contribution is 0.286. The van der Waals surface area contributed by atoms with Crippen LogP contribution in [0.15, 0.2) is 97.1 Å². The predicted molar refractivity (Wildman–Crippen MR) is 229 cm³/mol. The summed E-state index contributed by atoms with van der Waals surface area (Å²) in [6.07, 6.45) is 1.78. The Kier molecular flexibility index (Phi) is 18.9. The molecule has 0 atom stereocenters. The molecule has 6 aromatic rings. The van der Waals surface area contributed by atoms with Gasteiger partial charge in [0.25, 0.3) is 0 Å². The number of hydrogen-bond donors (Lipinski definition) is 4. The SMILES string of the molecule is Cc1cc(COc2cccc(OCCCn3c(C)ccc3C)c2)nc(-n2c(C)ccc2C)c1.Cc1cc(N)nc(COc2cccc(OCCCN)c2)c1.Cl.NO. The standard InChI is InChI=1S/C28H33N3O2.C16H21N3O2.ClH.H3NO/c1-20-16-25(29-28(17-20)31-23(4)12-13-24(31)5)19-33-27-9-6-8-26(18-27)32-15-7-14-30-21(2)10-11-22(30)3;1-12-8-13(19-16(18)9-12)11-21-15-5-2-4-14(10-15)20-7-3-6-17;;1-2/h6,8-13,16-18H,7,14-15,19H2,1-5H3;2,4-5,8-10H,3,6-7,11,17H2,1H3,(H2,18,19);1H;2H,1H2. The zero-order valence-corrected chi connectivity index (χ0v) is 34.7. The van der Waals surface area contributed by atoms with E-state index in [2.05, 4.69) is 91.0 Å². The first-order valence-electron chi connectivity index (χ1n) is 18.7. The summed E-state index contributed by atoms with van der Waals surface area (Å²) in [7, 11) is 0. The lowest BCUT2D eigenvalue weighted by Crippen LogP contribution is -2.07. The zero-order chi connectivity index (χ0) is 40.5. The van der Waals surface area contributed by atoms with Crippen LogP contribution in [0.2, 0.25) is 0 Å². The Balaban J connectivity index is 0.000000314. The van der Waals surface area contributed by atoms with Crippen LogP contribution >= 0.6 is 12.4 Å². The summed E-state index contributed by atoms with van der Waals surface area (Å²) in [5, 5.41) is 6.50. The number of aryl methyl sites for hydroxylation is 6. The topological polar surface area (TPSA) is 171 Å². The van der Waals surface area contributed by atoms with Gasteiger partial charge in [-0.3, -0.25) is 0 Å². The van der Waals surface area contributed by atoms with Crippen molar-refractivity contribution in [2.24, 2.45) is 11.6 Å². The summed E-state index contributed by atoms with van der Waals surface area (Å²) >= 11 is 0. The molecule has 0 aliphatic heterocycles. The number of ether oxygens (including phenoxy) is 4. The molecule has 0 saturated carbocycles. The maximum Gasteiger partial charge on any atom is 0.137 e. The highest BCUT2D eigenvalue weighted by Gasteiger charge is 2.09. The minimum absolute atomic E-state index is 0. The highest BCUT2D eigenvalue weighted by molar-refractivity contribution is 5.85. The fraction of sp³-hybridized carbons (Fsp3) is 0.318. The highest BCUT2D eigenvalue weighted by atomic mass is 35.5. The van der Waals surface area contributed by atoms with Crippen molar-refractivity contribution in [2.75, 3.05) is 25.5 Å². The Morgan fingerprint density at radius 2 is 1.02 bits per heavy atom. The van der Waals surface area contributed by atoms with Crippen LogP contribution < -0.4 is 36.3 Å². The molecule has 6 rings (SSSR count). The molecule has 306 valence electrons. The number of aromatic nitrogens is 4. The van der Waals surface area contributed by atoms with Crippen LogP contribution in [0.1, 0.15) is 58.1 Å². The van der Waals surface area contributed by atoms with Gasteiger partial charge in [0, 0.05) is 41.5 Å². The van der Waals surface area contributed by atoms with Crippen molar-refractivity contribution in [1.29, 1.82) is 0 Å². The van der Waals surface area contributed by atoms with Crippen molar-refractivity contribution < 1.29 is 24.2 Å². The zero-order valence-electron chi connectivity index (χ0n) is 33.9. The Morgan fingerprint density at radius 3 is 1.53 bits per heavy atom. The van der Waals surface area contributed by atoms with Gasteiger partial charge in [-0.1, -0.05) is 12.1 Å². The second-order valence-corrected chi connectivity index (χ2v) is 13.5. The van der Waals surface area contributed by atoms with Gasteiger partial charge in [0.15, 0.2) is 0 Å². The van der Waals surface area contributed by atoms with Crippen LogP contribution in [0.4, 0.5) is 5.82 Å². The molecular formula is C44H58ClN7O5. The van der Waals surface area contributed by atoms with Crippen molar-refractivity contribution in [2.45, 2.75) is 74.1 Å². The summed E-state index contributed by atoms with van der Waals surface area (Å²) in [5.41, 5.74) is 20.0. The molecule has 0 aliphatic carbocycles. The molecule has 4 aromatic heterocycles. The van der Waals surface area contributed by atoms with Crippen LogP contribution in [0.3, 0.4) is 0 Å². The van der Waals surface area contributed by atoms with Gasteiger partial charge in [0.2, 0.25) is 0 Å². The number of benzene rings is 2. The van der Waals surface area contributed by atoms with Crippen LogP contribution in [0.25, 0.3) is 5.82 Å². The van der Waals surface area contributed by atoms with Gasteiger partial charge < -0.3 is 44.8 Å². The van der Waals surface area contributed by atoms with Crippen LogP contribution in [-0.2, 0) is 19.8 Å². The minimum Gasteiger partial charge on any atom is -0.493 e. The van der Waals surface area contributed by atoms with Gasteiger partial charge in [-0.25, -0.2) is 15.9 Å². The minimum atomic E-state index is 0. The molecule has 7 N–H and O–H groups in total. The van der Waals surface area contributed by atoms with Crippen molar-refractivity contribution in [3.63, 3.8) is 0 Å². The first kappa shape index (κ1) is 45.9. The summed E-state index contributed by atoms with van der Waals surface area (Å²) in [4.78, 5) is 9.08. The third-order valence-corrected chi connectivity index (χ3v) is 8.77. The van der Waals surface area contributed by atoms with Gasteiger partial charge in [0.1, 0.15) is 47.8 Å². The molecular weight excluding hydrogens is 742 g/mol. The summed E-state index contributed by atoms with van der Waals surface area (Å²) in [5.74, 6) is 8.05. The first-order valence-corrected chi connectivity index (χ1v) is 18.7. The molecule has 0 amide bonds. The maximum atomic E-state index is 6.50. The van der Waals surface area contributed by atoms with Crippen molar-refractivity contribution >= 4 is 18.2 Å². The fourth-order valence-corrected chi connectivity index (χ4v) is 6.14. The maximum absolute atomic E-state index is 6.50. The van der Waals surface area contributed by atoms with Gasteiger partial charge in [-0.2, -0.15) is 0 Å². The quantitative estimate of drug-likeness (QED) is 0.0552. The van der Waals surface area contributed by atoms with E-state index in [-0.39, 0.29) is 12.4 Å². The van der Waals surface area contributed by atoms with Crippen LogP contribution in [0, 0.1) is 41.5 Å². The number of nitrogens with two attached hydrogens (primary N) is 3. The molecule has 12 nitrogen and oxygen atoms in total. The van der Waals surface area contributed by atoms with Crippen molar-refractivity contribution in [3.8, 4) is 28.8 Å². The molecule has 0 unspecified atom stereocenters. The monoisotopic (exact) mass is 799 g/mol. The number of anilines is 1. The molecule has 57 heavy (non-hydrogen) atoms. The molecule has 0 spiro atoms. The van der Waals surface area contributed by atoms with E-state index in [4.69, 9.17) is 40.6 Å². The Labute approximate surface area is 342 Å². The van der Waals surface area contributed by atoms with E-state index in [1.165, 1.54) is 22.8 Å². The number of halogens is 1. The van der Waals surface area contributed by atoms with E-state index >= 15 is 0 Å². The number of pyridine rings is 2. The summed E-state index contributed by atoms with van der Waals surface area (Å²) in [6.45, 7) is 16.2. The second-order valence-electron chi connectivity index (χ2n) is 13.5. The van der Waals surface area contributed by atoms with E-state index in [0.717, 1.165) is 70.7 Å². The molecule has 0 radical (unpaired) electrons. The van der Waals surface area contributed by atoms with Crippen LogP contribution in [-0.4, -0.2) is 44.1 Å². The molecule has 13 heteroatoms. The van der Waals surface area contributed by atoms with E-state index in [1.807, 2.05) is 67.6 Å². The van der Waals surface area contributed by atoms with Gasteiger partial charge in [-0.15, -0.1) is 12.4 Å². The third kappa shape index (κ3) is 14.5. The Morgan fingerprint density at radius 1 is 0.561 bits per heavy atom. The largest absolute Gasteiger partial charge is 0.493 e. The smallest absolute Gasteiger partial charge is 0.137 e. The lowest BCUT2D eigenvalue weighted by Gasteiger charge is -2.13. The molecule has 4 heterocycles. The van der Waals surface area contributed by atoms with E-state index in [1.54, 1.807) is 0 Å². The van der Waals surface area contributed by atoms with Crippen LogP contribution in [0.5, 0.6) is 23.0 Å². The molecule has 0 saturated heterocycles. The number of hydrogen-bond acceptors (Lipinski definition) is 10. The normalized spacial score (nSPS) is 10.3. The van der Waals surface area contributed by atoms with Gasteiger partial charge in [0.05, 0.1) is 24.6 Å². The molecule has 0 fully saturated rings. The highest BCUT2D eigenvalue weighted by Crippen LogP contribution is 2.23. The number of nitrogens with zero attached hydrogens (tertiary/aromatic N) is 4. The Hall–Kier alpha value is -5.53. The van der Waals surface area contributed by atoms with Crippen molar-refractivity contribution in [1.82, 2.24) is 19.1 Å². The van der Waals surface area contributed by atoms with Gasteiger partial charge >= 0.3 is 0 Å². The molecule has 2 aromatic carbocycles. The van der Waals surface area contributed by atoms with Crippen molar-refractivity contribution in [3.05, 3.63) is 142 Å². The number of rotatable bonds is 16. The van der Waals surface area contributed by atoms with E-state index < -0.39 is 0 Å². The predicted octanol–water partition coefficient (Wildman–Crippen LogP) is 8.30. The first-order chi connectivity index (χ1) is 27.1. The third-order valence-electron chi connectivity index (χ3n) is 8.77. The number of nitrogen functional groups attached to an aromatic ring is 1. The average molecular weight is 800 g/mol. The molecule has 0 aliphatic rings. The summed E-state index contributed by atoms with van der Waals surface area (Å²) < 4.78 is 27.8. The van der Waals surface area contributed by atoms with E-state index in [0.29, 0.717) is 38.8 Å². The lowest BCUT2D eigenvalue weighted by atomic mass is 10.2. The summed E-state index contributed by atoms with van der Waals surface area (Å²) in [6, 6.07) is 31.9. The Bertz CT molecular complexity index is 2060. The second kappa shape index (κ2) is 23.5. The fourth-order valence-electron chi connectivity index (χ4n) is 6.14. The molecule has 0 bridgehead atoms.